The van der Waals surface area contributed by atoms with Crippen molar-refractivity contribution in [1.29, 1.82) is 0 Å². The van der Waals surface area contributed by atoms with Gasteiger partial charge in [-0.3, -0.25) is 4.90 Å². The molecule has 1 rings (SSSR count). The molecule has 0 bridgehead atoms. The van der Waals surface area contributed by atoms with Crippen LogP contribution in [0.25, 0.3) is 0 Å². The quantitative estimate of drug-likeness (QED) is 0.794. The van der Waals surface area contributed by atoms with Gasteiger partial charge >= 0.3 is 6.18 Å². The highest BCUT2D eigenvalue weighted by Crippen LogP contribution is 2.18. The van der Waals surface area contributed by atoms with Gasteiger partial charge in [-0.1, -0.05) is 12.1 Å². The molecule has 0 radical (unpaired) electrons. The molecule has 0 heterocycles. The van der Waals surface area contributed by atoms with Crippen molar-refractivity contribution in [3.8, 4) is 0 Å². The lowest BCUT2D eigenvalue weighted by Crippen LogP contribution is -2.37. The molecule has 0 aliphatic rings. The van der Waals surface area contributed by atoms with E-state index in [9.17, 15) is 17.6 Å². The SMILES string of the molecule is CNCCN(Cc1ccc(F)cc1)CC(F)(F)F. The summed E-state index contributed by atoms with van der Waals surface area (Å²) in [5, 5.41) is 2.81. The summed E-state index contributed by atoms with van der Waals surface area (Å²) in [6.45, 7) is -0.0574. The smallest absolute Gasteiger partial charge is 0.318 e. The van der Waals surface area contributed by atoms with Gasteiger partial charge < -0.3 is 5.32 Å². The fourth-order valence-corrected chi connectivity index (χ4v) is 1.59. The van der Waals surface area contributed by atoms with Crippen LogP contribution < -0.4 is 5.32 Å². The van der Waals surface area contributed by atoms with Gasteiger partial charge in [0.1, 0.15) is 5.82 Å². The average Bonchev–Trinajstić information content (AvgIpc) is 2.27. The van der Waals surface area contributed by atoms with Crippen LogP contribution in [0, 0.1) is 5.82 Å². The molecule has 1 N–H and O–H groups in total. The lowest BCUT2D eigenvalue weighted by atomic mass is 10.2. The fourth-order valence-electron chi connectivity index (χ4n) is 1.59. The summed E-state index contributed by atoms with van der Waals surface area (Å²) in [7, 11) is 1.68. The number of halogens is 4. The number of nitrogens with zero attached hydrogens (tertiary/aromatic N) is 1. The third-order valence-electron chi connectivity index (χ3n) is 2.40. The van der Waals surface area contributed by atoms with Gasteiger partial charge in [0.15, 0.2) is 0 Å². The van der Waals surface area contributed by atoms with Crippen molar-refractivity contribution >= 4 is 0 Å². The first-order valence-corrected chi connectivity index (χ1v) is 5.59. The van der Waals surface area contributed by atoms with Crippen LogP contribution in [0.5, 0.6) is 0 Å². The third kappa shape index (κ3) is 5.97. The Morgan fingerprint density at radius 3 is 2.28 bits per heavy atom. The van der Waals surface area contributed by atoms with Crippen molar-refractivity contribution in [3.63, 3.8) is 0 Å². The largest absolute Gasteiger partial charge is 0.401 e. The van der Waals surface area contributed by atoms with Crippen molar-refractivity contribution in [2.75, 3.05) is 26.7 Å². The van der Waals surface area contributed by atoms with Crippen LogP contribution in [-0.2, 0) is 6.54 Å². The van der Waals surface area contributed by atoms with Gasteiger partial charge in [0, 0.05) is 19.6 Å². The van der Waals surface area contributed by atoms with Crippen LogP contribution in [0.4, 0.5) is 17.6 Å². The zero-order valence-electron chi connectivity index (χ0n) is 10.1. The number of likely N-dealkylation sites (N-methyl/N-ethyl adjacent to an activating group) is 1. The Hall–Kier alpha value is -1.14. The zero-order valence-corrected chi connectivity index (χ0v) is 10.1. The molecule has 0 aliphatic carbocycles. The van der Waals surface area contributed by atoms with Crippen molar-refractivity contribution in [3.05, 3.63) is 35.6 Å². The Bertz CT molecular complexity index is 348. The van der Waals surface area contributed by atoms with Gasteiger partial charge in [-0.2, -0.15) is 13.2 Å². The van der Waals surface area contributed by atoms with Crippen LogP contribution in [-0.4, -0.2) is 37.8 Å². The molecule has 1 aromatic rings. The van der Waals surface area contributed by atoms with Crippen LogP contribution in [0.15, 0.2) is 24.3 Å². The summed E-state index contributed by atoms with van der Waals surface area (Å²) in [6, 6.07) is 5.49. The van der Waals surface area contributed by atoms with Gasteiger partial charge in [0.2, 0.25) is 0 Å². The zero-order chi connectivity index (χ0) is 13.6. The van der Waals surface area contributed by atoms with Crippen molar-refractivity contribution < 1.29 is 17.6 Å². The van der Waals surface area contributed by atoms with Crippen LogP contribution >= 0.6 is 0 Å². The molecule has 0 atom stereocenters. The Kier molecular flexibility index (Phi) is 5.55. The Labute approximate surface area is 104 Å². The number of alkyl halides is 3. The maximum atomic E-state index is 12.7. The highest BCUT2D eigenvalue weighted by Gasteiger charge is 2.30. The molecule has 6 heteroatoms. The predicted octanol–water partition coefficient (Wildman–Crippen LogP) is 2.41. The topological polar surface area (TPSA) is 15.3 Å². The molecule has 0 spiro atoms. The highest BCUT2D eigenvalue weighted by atomic mass is 19.4. The Morgan fingerprint density at radius 1 is 1.17 bits per heavy atom. The van der Waals surface area contributed by atoms with E-state index in [0.29, 0.717) is 12.1 Å². The van der Waals surface area contributed by atoms with E-state index in [-0.39, 0.29) is 13.1 Å². The van der Waals surface area contributed by atoms with Crippen molar-refractivity contribution in [2.45, 2.75) is 12.7 Å². The summed E-state index contributed by atoms with van der Waals surface area (Å²) >= 11 is 0. The van der Waals surface area contributed by atoms with E-state index in [1.807, 2.05) is 0 Å². The minimum absolute atomic E-state index is 0.154. The Morgan fingerprint density at radius 2 is 1.78 bits per heavy atom. The van der Waals surface area contributed by atoms with Crippen molar-refractivity contribution in [2.24, 2.45) is 0 Å². The fraction of sp³-hybridized carbons (Fsp3) is 0.500. The van der Waals surface area contributed by atoms with Gasteiger partial charge in [-0.25, -0.2) is 4.39 Å². The summed E-state index contributed by atoms with van der Waals surface area (Å²) in [6.07, 6.45) is -4.23. The van der Waals surface area contributed by atoms with E-state index in [2.05, 4.69) is 5.32 Å². The maximum absolute atomic E-state index is 12.7. The Balaban J connectivity index is 2.62. The second-order valence-corrected chi connectivity index (χ2v) is 4.06. The normalized spacial score (nSPS) is 12.1. The summed E-state index contributed by atoms with van der Waals surface area (Å²) in [4.78, 5) is 1.28. The predicted molar refractivity (Wildman–Crippen MR) is 61.7 cm³/mol. The van der Waals surface area contributed by atoms with Gasteiger partial charge in [-0.05, 0) is 24.7 Å². The minimum Gasteiger partial charge on any atom is -0.318 e. The molecule has 102 valence electrons. The highest BCUT2D eigenvalue weighted by molar-refractivity contribution is 5.15. The van der Waals surface area contributed by atoms with Gasteiger partial charge in [0.05, 0.1) is 6.54 Å². The van der Waals surface area contributed by atoms with Crippen LogP contribution in [0.2, 0.25) is 0 Å². The van der Waals surface area contributed by atoms with Crippen LogP contribution in [0.1, 0.15) is 5.56 Å². The average molecular weight is 264 g/mol. The molecular formula is C12H16F4N2. The number of hydrogen-bond acceptors (Lipinski definition) is 2. The van der Waals surface area contributed by atoms with E-state index in [0.717, 1.165) is 0 Å². The number of nitrogens with one attached hydrogen (secondary N) is 1. The molecule has 0 amide bonds. The van der Waals surface area contributed by atoms with Gasteiger partial charge in [-0.15, -0.1) is 0 Å². The van der Waals surface area contributed by atoms with E-state index >= 15 is 0 Å². The summed E-state index contributed by atoms with van der Waals surface area (Å²) in [5.74, 6) is -0.392. The number of hydrogen-bond donors (Lipinski definition) is 1. The number of benzene rings is 1. The first-order valence-electron chi connectivity index (χ1n) is 5.59. The first kappa shape index (κ1) is 14.9. The maximum Gasteiger partial charge on any atom is 0.401 e. The molecule has 0 unspecified atom stereocenters. The molecule has 0 aliphatic heterocycles. The molecule has 0 saturated heterocycles. The summed E-state index contributed by atoms with van der Waals surface area (Å²) in [5.41, 5.74) is 0.664. The van der Waals surface area contributed by atoms with E-state index in [4.69, 9.17) is 0 Å². The van der Waals surface area contributed by atoms with E-state index < -0.39 is 18.5 Å². The lowest BCUT2D eigenvalue weighted by Gasteiger charge is -2.23. The second-order valence-electron chi connectivity index (χ2n) is 4.06. The third-order valence-corrected chi connectivity index (χ3v) is 2.40. The van der Waals surface area contributed by atoms with Gasteiger partial charge in [0.25, 0.3) is 0 Å². The monoisotopic (exact) mass is 264 g/mol. The molecule has 0 fully saturated rings. The first-order chi connectivity index (χ1) is 8.40. The molecule has 0 aromatic heterocycles. The van der Waals surface area contributed by atoms with E-state index in [1.165, 1.54) is 29.2 Å². The minimum atomic E-state index is -4.23. The molecule has 0 saturated carbocycles. The number of rotatable bonds is 6. The second kappa shape index (κ2) is 6.70. The lowest BCUT2D eigenvalue weighted by molar-refractivity contribution is -0.146. The summed E-state index contributed by atoms with van der Waals surface area (Å²) < 4.78 is 49.8. The molecule has 2 nitrogen and oxygen atoms in total. The standard InChI is InChI=1S/C12H16F4N2/c1-17-6-7-18(9-12(14,15)16)8-10-2-4-11(13)5-3-10/h2-5,17H,6-9H2,1H3. The van der Waals surface area contributed by atoms with E-state index in [1.54, 1.807) is 7.05 Å². The van der Waals surface area contributed by atoms with Crippen molar-refractivity contribution in [1.82, 2.24) is 10.2 Å². The van der Waals surface area contributed by atoms with Crippen LogP contribution in [0.3, 0.4) is 0 Å². The molecular weight excluding hydrogens is 248 g/mol. The molecule has 1 aromatic carbocycles. The molecule has 18 heavy (non-hydrogen) atoms.